The van der Waals surface area contributed by atoms with Crippen LogP contribution in [0.15, 0.2) is 18.3 Å². The van der Waals surface area contributed by atoms with E-state index in [2.05, 4.69) is 15.6 Å². The molecule has 0 saturated carbocycles. The van der Waals surface area contributed by atoms with Crippen LogP contribution in [0.25, 0.3) is 0 Å². The number of carbonyl (C=O) groups excluding carboxylic acids is 1. The number of anilines is 1. The van der Waals surface area contributed by atoms with Gasteiger partial charge in [0.1, 0.15) is 5.82 Å². The molecule has 0 fully saturated rings. The van der Waals surface area contributed by atoms with Gasteiger partial charge in [0.25, 0.3) is 0 Å². The van der Waals surface area contributed by atoms with Gasteiger partial charge in [0.05, 0.1) is 11.6 Å². The number of nitrogens with one attached hydrogen (secondary N) is 2. The molecule has 1 amide bonds. The van der Waals surface area contributed by atoms with Crippen LogP contribution in [0.5, 0.6) is 0 Å². The summed E-state index contributed by atoms with van der Waals surface area (Å²) in [6, 6.07) is 3.46. The Morgan fingerprint density at radius 2 is 2.19 bits per heavy atom. The van der Waals surface area contributed by atoms with Crippen LogP contribution in [0.2, 0.25) is 5.02 Å². The van der Waals surface area contributed by atoms with E-state index in [1.807, 2.05) is 20.8 Å². The number of hydrogen-bond donors (Lipinski definition) is 2. The Hall–Kier alpha value is -1.29. The number of aromatic nitrogens is 1. The lowest BCUT2D eigenvalue weighted by Gasteiger charge is -2.20. The lowest BCUT2D eigenvalue weighted by Crippen LogP contribution is -2.43. The zero-order valence-electron chi connectivity index (χ0n) is 9.67. The van der Waals surface area contributed by atoms with Crippen LogP contribution in [-0.4, -0.2) is 23.0 Å². The summed E-state index contributed by atoms with van der Waals surface area (Å²) in [6.07, 6.45) is 1.62. The molecule has 0 bridgehead atoms. The molecule has 0 radical (unpaired) electrons. The first-order chi connectivity index (χ1) is 7.38. The lowest BCUT2D eigenvalue weighted by atomic mass is 10.1. The van der Waals surface area contributed by atoms with E-state index in [0.717, 1.165) is 0 Å². The Kier molecular flexibility index (Phi) is 4.12. The molecule has 0 aliphatic rings. The highest BCUT2D eigenvalue weighted by Gasteiger charge is 2.13. The van der Waals surface area contributed by atoms with Gasteiger partial charge in [0.15, 0.2) is 0 Å². The molecular formula is C11H16ClN3O. The maximum atomic E-state index is 11.5. The van der Waals surface area contributed by atoms with Crippen molar-refractivity contribution in [3.63, 3.8) is 0 Å². The standard InChI is InChI=1S/C11H16ClN3O/c1-11(2,3)15-9(16)7-14-10-8(12)5-4-6-13-10/h4-6H,7H2,1-3H3,(H,13,14)(H,15,16). The lowest BCUT2D eigenvalue weighted by molar-refractivity contribution is -0.120. The maximum Gasteiger partial charge on any atom is 0.239 e. The summed E-state index contributed by atoms with van der Waals surface area (Å²) in [4.78, 5) is 15.5. The summed E-state index contributed by atoms with van der Waals surface area (Å²) in [5.41, 5.74) is -0.229. The first-order valence-electron chi connectivity index (χ1n) is 5.04. The molecule has 0 spiro atoms. The summed E-state index contributed by atoms with van der Waals surface area (Å²) in [7, 11) is 0. The largest absolute Gasteiger partial charge is 0.360 e. The molecule has 0 saturated heterocycles. The average Bonchev–Trinajstić information content (AvgIpc) is 2.14. The SMILES string of the molecule is CC(C)(C)NC(=O)CNc1ncccc1Cl. The maximum absolute atomic E-state index is 11.5. The molecular weight excluding hydrogens is 226 g/mol. The van der Waals surface area contributed by atoms with Gasteiger partial charge in [-0.05, 0) is 32.9 Å². The van der Waals surface area contributed by atoms with Crippen molar-refractivity contribution >= 4 is 23.3 Å². The minimum atomic E-state index is -0.229. The summed E-state index contributed by atoms with van der Waals surface area (Å²) in [5, 5.41) is 6.22. The van der Waals surface area contributed by atoms with Gasteiger partial charge in [-0.1, -0.05) is 11.6 Å². The molecule has 4 nitrogen and oxygen atoms in total. The fourth-order valence-corrected chi connectivity index (χ4v) is 1.33. The Balaban J connectivity index is 2.47. The van der Waals surface area contributed by atoms with Gasteiger partial charge in [-0.15, -0.1) is 0 Å². The number of rotatable bonds is 3. The van der Waals surface area contributed by atoms with E-state index < -0.39 is 0 Å². The van der Waals surface area contributed by atoms with E-state index >= 15 is 0 Å². The van der Waals surface area contributed by atoms with Crippen molar-refractivity contribution in [3.05, 3.63) is 23.4 Å². The van der Waals surface area contributed by atoms with Crippen molar-refractivity contribution < 1.29 is 4.79 Å². The molecule has 5 heteroatoms. The molecule has 88 valence electrons. The Labute approximate surface area is 100 Å². The van der Waals surface area contributed by atoms with Gasteiger partial charge in [0, 0.05) is 11.7 Å². The molecule has 0 unspecified atom stereocenters. The number of hydrogen-bond acceptors (Lipinski definition) is 3. The molecule has 0 aromatic carbocycles. The van der Waals surface area contributed by atoms with Crippen LogP contribution in [0.4, 0.5) is 5.82 Å². The summed E-state index contributed by atoms with van der Waals surface area (Å²) in [5.74, 6) is 0.433. The van der Waals surface area contributed by atoms with Gasteiger partial charge in [0.2, 0.25) is 5.91 Å². The van der Waals surface area contributed by atoms with Crippen LogP contribution in [0, 0.1) is 0 Å². The highest BCUT2D eigenvalue weighted by atomic mass is 35.5. The third-order valence-corrected chi connectivity index (χ3v) is 1.99. The molecule has 1 aromatic heterocycles. The summed E-state index contributed by atoms with van der Waals surface area (Å²) >= 11 is 5.88. The molecule has 1 heterocycles. The van der Waals surface area contributed by atoms with E-state index in [1.165, 1.54) is 0 Å². The van der Waals surface area contributed by atoms with Gasteiger partial charge in [-0.2, -0.15) is 0 Å². The zero-order chi connectivity index (χ0) is 12.2. The molecule has 16 heavy (non-hydrogen) atoms. The Morgan fingerprint density at radius 1 is 1.50 bits per heavy atom. The van der Waals surface area contributed by atoms with Crippen molar-refractivity contribution in [3.8, 4) is 0 Å². The highest BCUT2D eigenvalue weighted by Crippen LogP contribution is 2.16. The van der Waals surface area contributed by atoms with E-state index in [1.54, 1.807) is 18.3 Å². The predicted molar refractivity (Wildman–Crippen MR) is 65.6 cm³/mol. The molecule has 1 rings (SSSR count). The van der Waals surface area contributed by atoms with Crippen LogP contribution >= 0.6 is 11.6 Å². The van der Waals surface area contributed by atoms with Crippen LogP contribution in [0.1, 0.15) is 20.8 Å². The topological polar surface area (TPSA) is 54.0 Å². The first-order valence-corrected chi connectivity index (χ1v) is 5.42. The second-order valence-electron chi connectivity index (χ2n) is 4.49. The second kappa shape index (κ2) is 5.16. The minimum absolute atomic E-state index is 0.0887. The molecule has 2 N–H and O–H groups in total. The van der Waals surface area contributed by atoms with Crippen molar-refractivity contribution in [2.75, 3.05) is 11.9 Å². The van der Waals surface area contributed by atoms with Crippen LogP contribution in [0.3, 0.4) is 0 Å². The van der Waals surface area contributed by atoms with Crippen molar-refractivity contribution in [2.24, 2.45) is 0 Å². The summed E-state index contributed by atoms with van der Waals surface area (Å²) in [6.45, 7) is 5.95. The number of nitrogens with zero attached hydrogens (tertiary/aromatic N) is 1. The van der Waals surface area contributed by atoms with Crippen LogP contribution in [-0.2, 0) is 4.79 Å². The fraction of sp³-hybridized carbons (Fsp3) is 0.455. The highest BCUT2D eigenvalue weighted by molar-refractivity contribution is 6.32. The van der Waals surface area contributed by atoms with Crippen molar-refractivity contribution in [2.45, 2.75) is 26.3 Å². The van der Waals surface area contributed by atoms with Crippen molar-refractivity contribution in [1.82, 2.24) is 10.3 Å². The van der Waals surface area contributed by atoms with Gasteiger partial charge >= 0.3 is 0 Å². The number of carbonyl (C=O) groups is 1. The smallest absolute Gasteiger partial charge is 0.239 e. The van der Waals surface area contributed by atoms with E-state index in [-0.39, 0.29) is 18.0 Å². The van der Waals surface area contributed by atoms with Crippen LogP contribution < -0.4 is 10.6 Å². The molecule has 0 aliphatic carbocycles. The van der Waals surface area contributed by atoms with E-state index in [4.69, 9.17) is 11.6 Å². The van der Waals surface area contributed by atoms with Gasteiger partial charge < -0.3 is 10.6 Å². The van der Waals surface area contributed by atoms with Gasteiger partial charge in [-0.25, -0.2) is 4.98 Å². The third kappa shape index (κ3) is 4.49. The Bertz CT molecular complexity index is 374. The zero-order valence-corrected chi connectivity index (χ0v) is 10.4. The Morgan fingerprint density at radius 3 is 2.75 bits per heavy atom. The molecule has 0 atom stereocenters. The minimum Gasteiger partial charge on any atom is -0.360 e. The molecule has 1 aromatic rings. The van der Waals surface area contributed by atoms with E-state index in [9.17, 15) is 4.79 Å². The summed E-state index contributed by atoms with van der Waals surface area (Å²) < 4.78 is 0. The quantitative estimate of drug-likeness (QED) is 0.852. The number of pyridine rings is 1. The third-order valence-electron chi connectivity index (χ3n) is 1.69. The molecule has 0 aliphatic heterocycles. The predicted octanol–water partition coefficient (Wildman–Crippen LogP) is 2.06. The number of amides is 1. The number of halogens is 1. The van der Waals surface area contributed by atoms with E-state index in [0.29, 0.717) is 10.8 Å². The van der Waals surface area contributed by atoms with Gasteiger partial charge in [-0.3, -0.25) is 4.79 Å². The van der Waals surface area contributed by atoms with Crippen molar-refractivity contribution in [1.29, 1.82) is 0 Å². The second-order valence-corrected chi connectivity index (χ2v) is 4.89. The monoisotopic (exact) mass is 241 g/mol. The fourth-order valence-electron chi connectivity index (χ4n) is 1.14. The normalized spacial score (nSPS) is 11.0. The average molecular weight is 242 g/mol. The first kappa shape index (κ1) is 12.8.